The van der Waals surface area contributed by atoms with Crippen LogP contribution in [-0.4, -0.2) is 21.6 Å². The molecule has 1 aliphatic rings. The molecular formula is C18H19NO3S. The number of fused-ring (bicyclic) bond motifs is 1. The molecule has 1 heterocycles. The monoisotopic (exact) mass is 329 g/mol. The van der Waals surface area contributed by atoms with Crippen LogP contribution in [0.4, 0.5) is 0 Å². The summed E-state index contributed by atoms with van der Waals surface area (Å²) in [5.74, 6) is 1.04. The molecule has 1 aliphatic heterocycles. The molecule has 0 saturated carbocycles. The van der Waals surface area contributed by atoms with Gasteiger partial charge in [-0.15, -0.1) is 0 Å². The van der Waals surface area contributed by atoms with Crippen molar-refractivity contribution in [3.63, 3.8) is 0 Å². The van der Waals surface area contributed by atoms with E-state index in [1.807, 2.05) is 54.6 Å². The zero-order valence-corrected chi connectivity index (χ0v) is 13.5. The average Bonchev–Trinajstić information content (AvgIpc) is 2.59. The molecule has 0 saturated heterocycles. The molecule has 1 unspecified atom stereocenters. The van der Waals surface area contributed by atoms with Crippen LogP contribution in [0.25, 0.3) is 6.08 Å². The minimum atomic E-state index is -3.44. The summed E-state index contributed by atoms with van der Waals surface area (Å²) in [6.07, 6.45) is 2.41. The van der Waals surface area contributed by atoms with Crippen molar-refractivity contribution in [3.05, 3.63) is 71.1 Å². The maximum Gasteiger partial charge on any atom is 0.233 e. The number of sulfonamides is 1. The van der Waals surface area contributed by atoms with E-state index < -0.39 is 10.0 Å². The third-order valence-electron chi connectivity index (χ3n) is 3.77. The van der Waals surface area contributed by atoms with Gasteiger partial charge in [0.25, 0.3) is 0 Å². The van der Waals surface area contributed by atoms with Crippen molar-refractivity contribution in [3.8, 4) is 5.75 Å². The van der Waals surface area contributed by atoms with Gasteiger partial charge in [0.1, 0.15) is 5.75 Å². The molecule has 3 rings (SSSR count). The summed E-state index contributed by atoms with van der Waals surface area (Å²) < 4.78 is 32.4. The van der Waals surface area contributed by atoms with Crippen molar-refractivity contribution in [1.29, 1.82) is 0 Å². The zero-order chi connectivity index (χ0) is 16.1. The molecule has 0 aromatic heterocycles. The van der Waals surface area contributed by atoms with E-state index in [2.05, 4.69) is 4.72 Å². The highest BCUT2D eigenvalue weighted by atomic mass is 32.2. The Hall–Kier alpha value is -2.11. The van der Waals surface area contributed by atoms with E-state index in [-0.39, 0.29) is 5.92 Å². The fourth-order valence-electron chi connectivity index (χ4n) is 2.54. The molecule has 0 amide bonds. The first-order valence-corrected chi connectivity index (χ1v) is 9.10. The Kier molecular flexibility index (Phi) is 4.79. The Morgan fingerprint density at radius 1 is 1.09 bits per heavy atom. The van der Waals surface area contributed by atoms with Crippen LogP contribution in [-0.2, 0) is 16.4 Å². The molecule has 4 nitrogen and oxygen atoms in total. The predicted octanol–water partition coefficient (Wildman–Crippen LogP) is 2.83. The van der Waals surface area contributed by atoms with Gasteiger partial charge in [-0.25, -0.2) is 13.1 Å². The summed E-state index contributed by atoms with van der Waals surface area (Å²) in [4.78, 5) is 0. The highest BCUT2D eigenvalue weighted by Gasteiger charge is 2.20. The van der Waals surface area contributed by atoms with Gasteiger partial charge in [-0.1, -0.05) is 48.5 Å². The molecule has 0 radical (unpaired) electrons. The number of hydrogen-bond acceptors (Lipinski definition) is 3. The highest BCUT2D eigenvalue weighted by molar-refractivity contribution is 7.92. The van der Waals surface area contributed by atoms with Gasteiger partial charge >= 0.3 is 0 Å². The van der Waals surface area contributed by atoms with Crippen LogP contribution < -0.4 is 9.46 Å². The van der Waals surface area contributed by atoms with Crippen LogP contribution in [0.5, 0.6) is 5.75 Å². The standard InChI is InChI=1S/C18H19NO3S/c20-23(21,11-10-15-6-2-1-3-7-15)19-13-16-12-17-8-4-5-9-18(17)22-14-16/h1-11,16,19H,12-14H2/b11-10+. The van der Waals surface area contributed by atoms with Crippen LogP contribution in [0.3, 0.4) is 0 Å². The van der Waals surface area contributed by atoms with E-state index in [0.29, 0.717) is 13.2 Å². The lowest BCUT2D eigenvalue weighted by atomic mass is 9.97. The van der Waals surface area contributed by atoms with E-state index in [4.69, 9.17) is 4.74 Å². The van der Waals surface area contributed by atoms with Gasteiger partial charge < -0.3 is 4.74 Å². The van der Waals surface area contributed by atoms with Crippen molar-refractivity contribution in [2.45, 2.75) is 6.42 Å². The van der Waals surface area contributed by atoms with Crippen LogP contribution >= 0.6 is 0 Å². The number of para-hydroxylation sites is 1. The summed E-state index contributed by atoms with van der Waals surface area (Å²) in [5.41, 5.74) is 1.98. The Balaban J connectivity index is 1.57. The third-order valence-corrected chi connectivity index (χ3v) is 4.83. The molecule has 120 valence electrons. The van der Waals surface area contributed by atoms with Crippen molar-refractivity contribution in [2.24, 2.45) is 5.92 Å². The average molecular weight is 329 g/mol. The molecule has 1 N–H and O–H groups in total. The van der Waals surface area contributed by atoms with Gasteiger partial charge in [-0.3, -0.25) is 0 Å². The molecule has 23 heavy (non-hydrogen) atoms. The molecular weight excluding hydrogens is 310 g/mol. The van der Waals surface area contributed by atoms with E-state index in [1.165, 1.54) is 5.41 Å². The summed E-state index contributed by atoms with van der Waals surface area (Å²) in [5, 5.41) is 1.21. The molecule has 0 fully saturated rings. The summed E-state index contributed by atoms with van der Waals surface area (Å²) in [6.45, 7) is 0.901. The van der Waals surface area contributed by atoms with Crippen molar-refractivity contribution < 1.29 is 13.2 Å². The highest BCUT2D eigenvalue weighted by Crippen LogP contribution is 2.26. The number of hydrogen-bond donors (Lipinski definition) is 1. The number of benzene rings is 2. The van der Waals surface area contributed by atoms with Gasteiger partial charge in [0.15, 0.2) is 0 Å². The smallest absolute Gasteiger partial charge is 0.233 e. The summed E-state index contributed by atoms with van der Waals surface area (Å²) in [7, 11) is -3.44. The first kappa shape index (κ1) is 15.8. The largest absolute Gasteiger partial charge is 0.493 e. The van der Waals surface area contributed by atoms with Crippen LogP contribution in [0.2, 0.25) is 0 Å². The maximum atomic E-state index is 12.1. The van der Waals surface area contributed by atoms with Gasteiger partial charge in [0.05, 0.1) is 6.61 Å². The SMILES string of the molecule is O=S(=O)(/C=C/c1ccccc1)NCC1COc2ccccc2C1. The van der Waals surface area contributed by atoms with Gasteiger partial charge in [0, 0.05) is 17.9 Å². The Bertz CT molecular complexity index is 785. The molecule has 1 atom stereocenters. The Morgan fingerprint density at radius 3 is 2.65 bits per heavy atom. The van der Waals surface area contributed by atoms with Crippen molar-refractivity contribution in [2.75, 3.05) is 13.2 Å². The fraction of sp³-hybridized carbons (Fsp3) is 0.222. The van der Waals surface area contributed by atoms with Crippen LogP contribution in [0.15, 0.2) is 60.0 Å². The Morgan fingerprint density at radius 2 is 1.83 bits per heavy atom. The first-order valence-electron chi connectivity index (χ1n) is 7.56. The lowest BCUT2D eigenvalue weighted by molar-refractivity contribution is 0.223. The van der Waals surface area contributed by atoms with Gasteiger partial charge in [-0.05, 0) is 29.7 Å². The molecule has 0 bridgehead atoms. The summed E-state index contributed by atoms with van der Waals surface area (Å²) in [6, 6.07) is 17.2. The Labute approximate surface area is 136 Å². The molecule has 0 spiro atoms. The van der Waals surface area contributed by atoms with E-state index in [0.717, 1.165) is 23.3 Å². The second kappa shape index (κ2) is 6.98. The first-order chi connectivity index (χ1) is 11.1. The third kappa shape index (κ3) is 4.43. The normalized spacial score (nSPS) is 17.7. The molecule has 2 aromatic carbocycles. The molecule has 0 aliphatic carbocycles. The van der Waals surface area contributed by atoms with Gasteiger partial charge in [-0.2, -0.15) is 0 Å². The van der Waals surface area contributed by atoms with Crippen molar-refractivity contribution >= 4 is 16.1 Å². The quantitative estimate of drug-likeness (QED) is 0.918. The minimum absolute atomic E-state index is 0.143. The maximum absolute atomic E-state index is 12.1. The number of nitrogens with one attached hydrogen (secondary N) is 1. The summed E-state index contributed by atoms with van der Waals surface area (Å²) >= 11 is 0. The van der Waals surface area contributed by atoms with Crippen LogP contribution in [0.1, 0.15) is 11.1 Å². The second-order valence-electron chi connectivity index (χ2n) is 5.60. The second-order valence-corrected chi connectivity index (χ2v) is 7.25. The molecule has 5 heteroatoms. The lowest BCUT2D eigenvalue weighted by Gasteiger charge is -2.25. The fourth-order valence-corrected chi connectivity index (χ4v) is 3.44. The van der Waals surface area contributed by atoms with E-state index >= 15 is 0 Å². The topological polar surface area (TPSA) is 55.4 Å². The van der Waals surface area contributed by atoms with E-state index in [9.17, 15) is 8.42 Å². The van der Waals surface area contributed by atoms with Gasteiger partial charge in [0.2, 0.25) is 10.0 Å². The predicted molar refractivity (Wildman–Crippen MR) is 91.5 cm³/mol. The minimum Gasteiger partial charge on any atom is -0.493 e. The lowest BCUT2D eigenvalue weighted by Crippen LogP contribution is -2.33. The van der Waals surface area contributed by atoms with Crippen LogP contribution in [0, 0.1) is 5.92 Å². The number of ether oxygens (including phenoxy) is 1. The zero-order valence-electron chi connectivity index (χ0n) is 12.7. The molecule has 2 aromatic rings. The van der Waals surface area contributed by atoms with Crippen molar-refractivity contribution in [1.82, 2.24) is 4.72 Å². The number of rotatable bonds is 5. The van der Waals surface area contributed by atoms with E-state index in [1.54, 1.807) is 6.08 Å².